The first-order valence-electron chi connectivity index (χ1n) is 6.30. The van der Waals surface area contributed by atoms with Crippen molar-refractivity contribution >= 4 is 49.2 Å². The summed E-state index contributed by atoms with van der Waals surface area (Å²) in [6, 6.07) is 0. The smallest absolute Gasteiger partial charge is 0.466 e. The average Bonchev–Trinajstić information content (AvgIpc) is 2.26. The van der Waals surface area contributed by atoms with Crippen LogP contribution in [0.1, 0.15) is 12.8 Å². The van der Waals surface area contributed by atoms with Gasteiger partial charge in [-0.2, -0.15) is 0 Å². The lowest BCUT2D eigenvalue weighted by molar-refractivity contribution is -0.170. The van der Waals surface area contributed by atoms with Crippen LogP contribution in [0.25, 0.3) is 0 Å². The third-order valence-electron chi connectivity index (χ3n) is 1.29. The van der Waals surface area contributed by atoms with Crippen molar-refractivity contribution < 1.29 is 112 Å². The van der Waals surface area contributed by atoms with Gasteiger partial charge in [0.25, 0.3) is 0 Å². The average molecular weight is 669 g/mol. The van der Waals surface area contributed by atoms with Gasteiger partial charge in [0.1, 0.15) is 0 Å². The Hall–Kier alpha value is -1.39. The zero-order valence-corrected chi connectivity index (χ0v) is 22.3. The molecule has 0 radical (unpaired) electrons. The highest BCUT2D eigenvalue weighted by Crippen LogP contribution is 2.27. The molecular formula is C6H35N5O23P4. The van der Waals surface area contributed by atoms with Gasteiger partial charge in [-0.15, -0.1) is 0 Å². The van der Waals surface area contributed by atoms with Crippen molar-refractivity contribution in [2.24, 2.45) is 0 Å². The van der Waals surface area contributed by atoms with E-state index in [1.165, 1.54) is 0 Å². The molecule has 0 amide bonds. The predicted molar refractivity (Wildman–Crippen MR) is 119 cm³/mol. The van der Waals surface area contributed by atoms with Crippen molar-refractivity contribution in [1.82, 2.24) is 30.8 Å². The predicted octanol–water partition coefficient (Wildman–Crippen LogP) is -4.15. The molecule has 28 nitrogen and oxygen atoms in total. The molecule has 0 heterocycles. The minimum atomic E-state index is -4.64. The van der Waals surface area contributed by atoms with E-state index in [4.69, 9.17) is 97.4 Å². The maximum atomic E-state index is 10.3. The second-order valence-electron chi connectivity index (χ2n) is 4.53. The Bertz CT molecular complexity index is 667. The first kappa shape index (κ1) is 65.6. The second kappa shape index (κ2) is 27.2. The van der Waals surface area contributed by atoms with E-state index >= 15 is 0 Å². The van der Waals surface area contributed by atoms with Gasteiger partial charge in [0.2, 0.25) is 0 Å². The van der Waals surface area contributed by atoms with Crippen LogP contribution in [-0.2, 0) is 32.6 Å². The Kier molecular flexibility index (Phi) is 46.9. The standard InChI is InChI=1S/C6H8O7.5H3N.4H3O4P/c7-3(8)1-6(13,5(11)12)2-4(9)10;;;;;;4*1-5(2,3)4/h13H,1-2H2,(H,7,8)(H,9,10)(H,11,12);5*1H3;4*(H3,1,2,3,4). The zero-order valence-electron chi connectivity index (χ0n) is 18.8. The normalized spacial score (nSPS) is 9.92. The molecule has 0 aromatic heterocycles. The third-order valence-corrected chi connectivity index (χ3v) is 1.29. The SMILES string of the molecule is N.N.N.N.N.O=C(O)CC(O)(CC(=O)O)C(=O)O.O=P(O)(O)O.O=P(O)(O)O.O=P(O)(O)O.O=P(O)(O)O. The highest BCUT2D eigenvalue weighted by molar-refractivity contribution is 7.45. The van der Waals surface area contributed by atoms with Gasteiger partial charge in [0, 0.05) is 0 Å². The Morgan fingerprint density at radius 2 is 0.553 bits per heavy atom. The van der Waals surface area contributed by atoms with E-state index in [9.17, 15) is 14.4 Å². The van der Waals surface area contributed by atoms with Crippen LogP contribution < -0.4 is 30.8 Å². The lowest BCUT2D eigenvalue weighted by atomic mass is 9.96. The summed E-state index contributed by atoms with van der Waals surface area (Å²) in [4.78, 5) is 117. The van der Waals surface area contributed by atoms with Gasteiger partial charge in [0.05, 0.1) is 12.8 Å². The Labute approximate surface area is 211 Å². The number of aliphatic carboxylic acids is 3. The van der Waals surface area contributed by atoms with E-state index in [0.29, 0.717) is 0 Å². The molecule has 0 aliphatic carbocycles. The van der Waals surface area contributed by atoms with E-state index < -0.39 is 67.6 Å². The van der Waals surface area contributed by atoms with Crippen molar-refractivity contribution in [2.45, 2.75) is 18.4 Å². The first-order valence-corrected chi connectivity index (χ1v) is 12.6. The van der Waals surface area contributed by atoms with Gasteiger partial charge in [-0.25, -0.2) is 23.1 Å². The van der Waals surface area contributed by atoms with E-state index in [-0.39, 0.29) is 30.8 Å². The number of hydrogen-bond donors (Lipinski definition) is 21. The van der Waals surface area contributed by atoms with Crippen LogP contribution in [0.5, 0.6) is 0 Å². The summed E-state index contributed by atoms with van der Waals surface area (Å²) in [5.74, 6) is -5.02. The molecule has 0 bridgehead atoms. The fourth-order valence-electron chi connectivity index (χ4n) is 0.714. The van der Waals surface area contributed by atoms with Crippen molar-refractivity contribution in [3.63, 3.8) is 0 Å². The van der Waals surface area contributed by atoms with Crippen LogP contribution in [0.2, 0.25) is 0 Å². The van der Waals surface area contributed by atoms with Crippen LogP contribution in [0, 0.1) is 0 Å². The first-order chi connectivity index (χ1) is 13.8. The lowest BCUT2D eigenvalue weighted by Crippen LogP contribution is -2.42. The summed E-state index contributed by atoms with van der Waals surface area (Å²) in [6.45, 7) is 0. The number of carboxylic acid groups (broad SMARTS) is 3. The van der Waals surface area contributed by atoms with Crippen molar-refractivity contribution in [3.05, 3.63) is 0 Å². The van der Waals surface area contributed by atoms with Gasteiger partial charge < -0.3 is 110 Å². The van der Waals surface area contributed by atoms with E-state index in [2.05, 4.69) is 0 Å². The lowest BCUT2D eigenvalue weighted by Gasteiger charge is -2.18. The number of phosphoric acid groups is 4. The molecule has 0 atom stereocenters. The quantitative estimate of drug-likeness (QED) is 0.123. The zero-order chi connectivity index (χ0) is 28.6. The molecule has 0 unspecified atom stereocenters. The molecule has 38 heavy (non-hydrogen) atoms. The molecule has 0 spiro atoms. The number of carbonyl (C=O) groups is 3. The molecule has 31 N–H and O–H groups in total. The minimum absolute atomic E-state index is 0. The fraction of sp³-hybridized carbons (Fsp3) is 0.500. The molecule has 0 saturated heterocycles. The summed E-state index contributed by atoms with van der Waals surface area (Å²) >= 11 is 0. The molecule has 0 fully saturated rings. The number of rotatable bonds is 5. The Morgan fingerprint density at radius 1 is 0.447 bits per heavy atom. The molecule has 32 heteroatoms. The van der Waals surface area contributed by atoms with E-state index in [1.807, 2.05) is 0 Å². The van der Waals surface area contributed by atoms with Crippen LogP contribution >= 0.6 is 31.3 Å². The maximum absolute atomic E-state index is 10.3. The molecule has 242 valence electrons. The third kappa shape index (κ3) is 183. The summed E-state index contributed by atoms with van der Waals surface area (Å²) in [7, 11) is -18.6. The van der Waals surface area contributed by atoms with Crippen LogP contribution in [0.15, 0.2) is 0 Å². The van der Waals surface area contributed by atoms with Gasteiger partial charge in [-0.05, 0) is 0 Å². The monoisotopic (exact) mass is 669 g/mol. The minimum Gasteiger partial charge on any atom is -0.481 e. The summed E-state index contributed by atoms with van der Waals surface area (Å²) in [6.07, 6.45) is -2.29. The van der Waals surface area contributed by atoms with Crippen LogP contribution in [0.4, 0.5) is 0 Å². The topological polar surface area (TPSA) is 618 Å². The highest BCUT2D eigenvalue weighted by Gasteiger charge is 2.40. The number of aliphatic hydroxyl groups is 1. The summed E-state index contributed by atoms with van der Waals surface area (Å²) in [5, 5.41) is 33.8. The molecule has 0 rings (SSSR count). The molecule has 0 saturated carbocycles. The Morgan fingerprint density at radius 3 is 0.605 bits per heavy atom. The van der Waals surface area contributed by atoms with Crippen molar-refractivity contribution in [3.8, 4) is 0 Å². The Balaban J connectivity index is -0.0000000338. The maximum Gasteiger partial charge on any atom is 0.466 e. The van der Waals surface area contributed by atoms with Gasteiger partial charge >= 0.3 is 49.2 Å². The second-order valence-corrected chi connectivity index (χ2v) is 8.64. The van der Waals surface area contributed by atoms with Gasteiger partial charge in [-0.3, -0.25) is 9.59 Å². The molecule has 0 aromatic rings. The van der Waals surface area contributed by atoms with E-state index in [1.54, 1.807) is 0 Å². The van der Waals surface area contributed by atoms with Crippen LogP contribution in [0.3, 0.4) is 0 Å². The van der Waals surface area contributed by atoms with E-state index in [0.717, 1.165) is 0 Å². The highest BCUT2D eigenvalue weighted by atomic mass is 31.2. The van der Waals surface area contributed by atoms with Crippen molar-refractivity contribution in [1.29, 1.82) is 0 Å². The summed E-state index contributed by atoms with van der Waals surface area (Å²) in [5.41, 5.74) is -2.74. The van der Waals surface area contributed by atoms with Gasteiger partial charge in [0.15, 0.2) is 5.60 Å². The largest absolute Gasteiger partial charge is 0.481 e. The van der Waals surface area contributed by atoms with Crippen molar-refractivity contribution in [2.75, 3.05) is 0 Å². The molecular weight excluding hydrogens is 634 g/mol. The molecule has 0 aromatic carbocycles. The van der Waals surface area contributed by atoms with Gasteiger partial charge in [-0.1, -0.05) is 0 Å². The number of carboxylic acids is 3. The summed E-state index contributed by atoms with van der Waals surface area (Å²) < 4.78 is 35.5. The fourth-order valence-corrected chi connectivity index (χ4v) is 0.714. The molecule has 0 aliphatic rings. The molecule has 0 aliphatic heterocycles. The number of hydrogen-bond acceptors (Lipinski definition) is 13. The van der Waals surface area contributed by atoms with Crippen LogP contribution in [-0.4, -0.2) is 103 Å².